The summed E-state index contributed by atoms with van der Waals surface area (Å²) < 4.78 is 0.774. The van der Waals surface area contributed by atoms with Gasteiger partial charge in [0.2, 0.25) is 0 Å². The van der Waals surface area contributed by atoms with E-state index in [-0.39, 0.29) is 5.78 Å². The zero-order valence-corrected chi connectivity index (χ0v) is 12.6. The molecular weight excluding hydrogens is 375 g/mol. The summed E-state index contributed by atoms with van der Waals surface area (Å²) in [5, 5.41) is 9.72. The van der Waals surface area contributed by atoms with Gasteiger partial charge >= 0.3 is 0 Å². The van der Waals surface area contributed by atoms with Gasteiger partial charge in [0, 0.05) is 26.5 Å². The Hall–Kier alpha value is -1.45. The Morgan fingerprint density at radius 3 is 2.84 bits per heavy atom. The molecular formula is C14H8ClIN2O. The number of carbonyl (C=O) groups excluding carboxylic acids is 1. The lowest BCUT2D eigenvalue weighted by atomic mass is 9.93. The Labute approximate surface area is 129 Å². The third-order valence-electron chi connectivity index (χ3n) is 2.60. The summed E-state index contributed by atoms with van der Waals surface area (Å²) in [5.74, 6) is -1.12. The van der Waals surface area contributed by atoms with Crippen LogP contribution in [0.2, 0.25) is 5.02 Å². The van der Waals surface area contributed by atoms with Crippen molar-refractivity contribution in [3.05, 3.63) is 62.4 Å². The number of rotatable bonds is 3. The van der Waals surface area contributed by atoms with Gasteiger partial charge in [-0.25, -0.2) is 0 Å². The largest absolute Gasteiger partial charge is 0.292 e. The van der Waals surface area contributed by atoms with Crippen LogP contribution in [0, 0.1) is 14.9 Å². The quantitative estimate of drug-likeness (QED) is 0.599. The Kier molecular flexibility index (Phi) is 4.51. The second kappa shape index (κ2) is 6.13. The first kappa shape index (κ1) is 14.0. The van der Waals surface area contributed by atoms with Crippen molar-refractivity contribution in [2.24, 2.45) is 0 Å². The van der Waals surface area contributed by atoms with Crippen LogP contribution in [-0.2, 0) is 0 Å². The first-order chi connectivity index (χ1) is 9.13. The van der Waals surface area contributed by atoms with Gasteiger partial charge in [-0.2, -0.15) is 5.26 Å². The molecule has 1 unspecified atom stereocenters. The highest BCUT2D eigenvalue weighted by Crippen LogP contribution is 2.25. The van der Waals surface area contributed by atoms with Gasteiger partial charge < -0.3 is 0 Å². The lowest BCUT2D eigenvalue weighted by Gasteiger charge is -2.10. The van der Waals surface area contributed by atoms with E-state index in [1.807, 2.05) is 6.07 Å². The number of aromatic nitrogens is 1. The maximum atomic E-state index is 12.4. The van der Waals surface area contributed by atoms with E-state index in [0.29, 0.717) is 16.1 Å². The number of halogens is 2. The van der Waals surface area contributed by atoms with Crippen LogP contribution in [0.4, 0.5) is 0 Å². The Bertz CT molecular complexity index is 652. The Balaban J connectivity index is 2.43. The van der Waals surface area contributed by atoms with E-state index in [4.69, 9.17) is 11.6 Å². The molecule has 0 radical (unpaired) electrons. The highest BCUT2D eigenvalue weighted by molar-refractivity contribution is 14.1. The van der Waals surface area contributed by atoms with Gasteiger partial charge in [-0.15, -0.1) is 0 Å². The summed E-state index contributed by atoms with van der Waals surface area (Å²) in [5.41, 5.74) is 1.05. The van der Waals surface area contributed by atoms with E-state index in [9.17, 15) is 10.1 Å². The van der Waals surface area contributed by atoms with Crippen molar-refractivity contribution in [3.8, 4) is 6.07 Å². The number of Topliss-reactive ketones (excluding diaryl/α,β-unsaturated/α-hetero) is 1. The fourth-order valence-electron chi connectivity index (χ4n) is 1.67. The molecule has 0 bridgehead atoms. The average Bonchev–Trinajstić information content (AvgIpc) is 2.43. The fourth-order valence-corrected chi connectivity index (χ4v) is 2.45. The molecule has 0 amide bonds. The topological polar surface area (TPSA) is 53.8 Å². The number of carbonyl (C=O) groups is 1. The van der Waals surface area contributed by atoms with Gasteiger partial charge in [0.1, 0.15) is 5.92 Å². The molecule has 3 nitrogen and oxygen atoms in total. The second-order valence-electron chi connectivity index (χ2n) is 3.84. The third kappa shape index (κ3) is 3.11. The molecule has 19 heavy (non-hydrogen) atoms. The molecule has 0 aliphatic carbocycles. The van der Waals surface area contributed by atoms with Crippen LogP contribution in [0.5, 0.6) is 0 Å². The van der Waals surface area contributed by atoms with Crippen LogP contribution < -0.4 is 0 Å². The summed E-state index contributed by atoms with van der Waals surface area (Å²) in [7, 11) is 0. The van der Waals surface area contributed by atoms with Crippen molar-refractivity contribution in [3.63, 3.8) is 0 Å². The standard InChI is InChI=1S/C14H8ClIN2O/c15-10-3-4-13(16)11(6-10)14(19)12(7-17)9-2-1-5-18-8-9/h1-6,8,12H. The lowest BCUT2D eigenvalue weighted by molar-refractivity contribution is 0.0978. The molecule has 1 atom stereocenters. The van der Waals surface area contributed by atoms with E-state index in [0.717, 1.165) is 3.57 Å². The van der Waals surface area contributed by atoms with Crippen molar-refractivity contribution in [1.29, 1.82) is 5.26 Å². The molecule has 0 fully saturated rings. The second-order valence-corrected chi connectivity index (χ2v) is 5.44. The van der Waals surface area contributed by atoms with Crippen molar-refractivity contribution >= 4 is 40.0 Å². The van der Waals surface area contributed by atoms with Gasteiger partial charge in [-0.3, -0.25) is 9.78 Å². The van der Waals surface area contributed by atoms with Gasteiger partial charge in [0.15, 0.2) is 5.78 Å². The Morgan fingerprint density at radius 1 is 1.42 bits per heavy atom. The molecule has 0 aliphatic rings. The predicted molar refractivity (Wildman–Crippen MR) is 81.1 cm³/mol. The SMILES string of the molecule is N#CC(C(=O)c1cc(Cl)ccc1I)c1cccnc1. The van der Waals surface area contributed by atoms with Crippen molar-refractivity contribution in [1.82, 2.24) is 4.98 Å². The molecule has 0 saturated carbocycles. The number of hydrogen-bond donors (Lipinski definition) is 0. The molecule has 1 aromatic heterocycles. The first-order valence-electron chi connectivity index (χ1n) is 5.42. The van der Waals surface area contributed by atoms with Crippen LogP contribution >= 0.6 is 34.2 Å². The van der Waals surface area contributed by atoms with E-state index < -0.39 is 5.92 Å². The van der Waals surface area contributed by atoms with Crippen LogP contribution in [0.25, 0.3) is 0 Å². The van der Waals surface area contributed by atoms with Crippen molar-refractivity contribution < 1.29 is 4.79 Å². The highest BCUT2D eigenvalue weighted by Gasteiger charge is 2.23. The van der Waals surface area contributed by atoms with E-state index in [1.54, 1.807) is 36.5 Å². The van der Waals surface area contributed by atoms with Crippen LogP contribution in [0.15, 0.2) is 42.7 Å². The smallest absolute Gasteiger partial charge is 0.185 e. The molecule has 0 N–H and O–H groups in total. The van der Waals surface area contributed by atoms with E-state index >= 15 is 0 Å². The van der Waals surface area contributed by atoms with Crippen LogP contribution in [-0.4, -0.2) is 10.8 Å². The third-order valence-corrected chi connectivity index (χ3v) is 3.78. The summed E-state index contributed by atoms with van der Waals surface area (Å²) in [6.07, 6.45) is 3.13. The molecule has 94 valence electrons. The molecule has 2 rings (SSSR count). The summed E-state index contributed by atoms with van der Waals surface area (Å²) in [4.78, 5) is 16.4. The number of nitrogens with zero attached hydrogens (tertiary/aromatic N) is 2. The Morgan fingerprint density at radius 2 is 2.21 bits per heavy atom. The average molecular weight is 383 g/mol. The normalized spacial score (nSPS) is 11.6. The maximum Gasteiger partial charge on any atom is 0.185 e. The molecule has 0 saturated heterocycles. The minimum Gasteiger partial charge on any atom is -0.292 e. The van der Waals surface area contributed by atoms with E-state index in [2.05, 4.69) is 27.6 Å². The molecule has 0 aliphatic heterocycles. The van der Waals surface area contributed by atoms with Gasteiger partial charge in [0.05, 0.1) is 6.07 Å². The molecule has 0 spiro atoms. The fraction of sp³-hybridized carbons (Fsp3) is 0.0714. The predicted octanol–water partition coefficient (Wildman–Crippen LogP) is 3.83. The number of hydrogen-bond acceptors (Lipinski definition) is 3. The van der Waals surface area contributed by atoms with Gasteiger partial charge in [-0.05, 0) is 52.4 Å². The molecule has 1 aromatic carbocycles. The van der Waals surface area contributed by atoms with Crippen molar-refractivity contribution in [2.75, 3.05) is 0 Å². The maximum absolute atomic E-state index is 12.4. The first-order valence-corrected chi connectivity index (χ1v) is 6.88. The lowest BCUT2D eigenvalue weighted by Crippen LogP contribution is -2.13. The number of ketones is 1. The molecule has 1 heterocycles. The number of pyridine rings is 1. The molecule has 2 aromatic rings. The van der Waals surface area contributed by atoms with E-state index in [1.165, 1.54) is 6.20 Å². The monoisotopic (exact) mass is 382 g/mol. The number of benzene rings is 1. The highest BCUT2D eigenvalue weighted by atomic mass is 127. The number of nitriles is 1. The summed E-state index contributed by atoms with van der Waals surface area (Å²) in [6, 6.07) is 10.5. The minimum atomic E-state index is -0.860. The zero-order chi connectivity index (χ0) is 13.8. The summed E-state index contributed by atoms with van der Waals surface area (Å²) >= 11 is 7.96. The van der Waals surface area contributed by atoms with Gasteiger partial charge in [-0.1, -0.05) is 17.7 Å². The zero-order valence-electron chi connectivity index (χ0n) is 9.68. The van der Waals surface area contributed by atoms with Crippen LogP contribution in [0.3, 0.4) is 0 Å². The van der Waals surface area contributed by atoms with Gasteiger partial charge in [0.25, 0.3) is 0 Å². The minimum absolute atomic E-state index is 0.262. The van der Waals surface area contributed by atoms with Crippen molar-refractivity contribution in [2.45, 2.75) is 5.92 Å². The van der Waals surface area contributed by atoms with Crippen LogP contribution in [0.1, 0.15) is 21.8 Å². The summed E-state index contributed by atoms with van der Waals surface area (Å²) in [6.45, 7) is 0. The molecule has 5 heteroatoms.